The predicted molar refractivity (Wildman–Crippen MR) is 42.2 cm³/mol. The van der Waals surface area contributed by atoms with Gasteiger partial charge >= 0.3 is 6.18 Å². The van der Waals surface area contributed by atoms with Gasteiger partial charge in [0.2, 0.25) is 0 Å². The van der Waals surface area contributed by atoms with Gasteiger partial charge in [0.25, 0.3) is 0 Å². The molecule has 0 atom stereocenters. The summed E-state index contributed by atoms with van der Waals surface area (Å²) in [5, 5.41) is 0. The maximum absolute atomic E-state index is 11.6. The van der Waals surface area contributed by atoms with E-state index in [4.69, 9.17) is 0 Å². The molecule has 1 aromatic carbocycles. The topological polar surface area (TPSA) is 9.23 Å². The summed E-state index contributed by atoms with van der Waals surface area (Å²) in [5.74, 6) is 0. The number of rotatable bonds is 3. The normalized spacial score (nSPS) is 11.6. The van der Waals surface area contributed by atoms with Crippen molar-refractivity contribution in [1.82, 2.24) is 0 Å². The van der Waals surface area contributed by atoms with Crippen molar-refractivity contribution in [3.05, 3.63) is 35.9 Å². The van der Waals surface area contributed by atoms with Gasteiger partial charge in [-0.15, -0.1) is 0 Å². The van der Waals surface area contributed by atoms with Gasteiger partial charge in [0, 0.05) is 0 Å². The van der Waals surface area contributed by atoms with E-state index in [0.29, 0.717) is 0 Å². The Hall–Kier alpha value is -1.03. The van der Waals surface area contributed by atoms with Crippen LogP contribution in [0.3, 0.4) is 0 Å². The fourth-order valence-corrected chi connectivity index (χ4v) is 0.859. The molecule has 4 heteroatoms. The van der Waals surface area contributed by atoms with E-state index in [1.807, 2.05) is 0 Å². The quantitative estimate of drug-likeness (QED) is 0.712. The fraction of sp³-hybridized carbons (Fsp3) is 0.333. The largest absolute Gasteiger partial charge is 0.411 e. The van der Waals surface area contributed by atoms with Crippen LogP contribution in [0.5, 0.6) is 0 Å². The average molecular weight is 190 g/mol. The first-order chi connectivity index (χ1) is 6.08. The molecule has 0 N–H and O–H groups in total. The second-order valence-corrected chi connectivity index (χ2v) is 2.59. The van der Waals surface area contributed by atoms with Gasteiger partial charge < -0.3 is 4.74 Å². The molecule has 0 aliphatic heterocycles. The van der Waals surface area contributed by atoms with E-state index in [0.717, 1.165) is 5.56 Å². The van der Waals surface area contributed by atoms with Gasteiger partial charge in [-0.2, -0.15) is 13.2 Å². The molecule has 0 amide bonds. The first kappa shape index (κ1) is 10.1. The second kappa shape index (κ2) is 4.28. The van der Waals surface area contributed by atoms with E-state index in [1.165, 1.54) is 0 Å². The van der Waals surface area contributed by atoms with Crippen molar-refractivity contribution in [3.63, 3.8) is 0 Å². The Bertz CT molecular complexity index is 243. The number of halogens is 3. The maximum Gasteiger partial charge on any atom is 0.411 e. The molecule has 0 heterocycles. The monoisotopic (exact) mass is 190 g/mol. The Kier molecular flexibility index (Phi) is 3.31. The predicted octanol–water partition coefficient (Wildman–Crippen LogP) is 2.77. The molecule has 72 valence electrons. The Morgan fingerprint density at radius 1 is 1.08 bits per heavy atom. The van der Waals surface area contributed by atoms with Crippen LogP contribution in [-0.2, 0) is 11.3 Å². The van der Waals surface area contributed by atoms with Crippen molar-refractivity contribution in [2.75, 3.05) is 6.61 Å². The van der Waals surface area contributed by atoms with Crippen molar-refractivity contribution in [3.8, 4) is 0 Å². The molecule has 0 radical (unpaired) electrons. The molecule has 1 nitrogen and oxygen atoms in total. The van der Waals surface area contributed by atoms with Gasteiger partial charge in [0.05, 0.1) is 6.61 Å². The number of alkyl halides is 3. The molecule has 13 heavy (non-hydrogen) atoms. The molecule has 0 aromatic heterocycles. The lowest BCUT2D eigenvalue weighted by atomic mass is 10.2. The summed E-state index contributed by atoms with van der Waals surface area (Å²) < 4.78 is 39.4. The standard InChI is InChI=1S/C9H9F3O/c10-9(11,12)7-13-6-8-4-2-1-3-5-8/h1-5H,6-7H2. The first-order valence-electron chi connectivity index (χ1n) is 3.76. The first-order valence-corrected chi connectivity index (χ1v) is 3.76. The third-order valence-corrected chi connectivity index (χ3v) is 1.38. The van der Waals surface area contributed by atoms with Gasteiger partial charge in [0.15, 0.2) is 0 Å². The minimum Gasteiger partial charge on any atom is -0.367 e. The molecule has 0 aliphatic carbocycles. The molecular formula is C9H9F3O. The van der Waals surface area contributed by atoms with Gasteiger partial charge in [-0.25, -0.2) is 0 Å². The number of ether oxygens (including phenoxy) is 1. The summed E-state index contributed by atoms with van der Waals surface area (Å²) in [6, 6.07) is 8.75. The van der Waals surface area contributed by atoms with E-state index in [9.17, 15) is 13.2 Å². The van der Waals surface area contributed by atoms with Crippen LogP contribution in [0.1, 0.15) is 5.56 Å². The van der Waals surface area contributed by atoms with E-state index in [1.54, 1.807) is 30.3 Å². The average Bonchev–Trinajstić information content (AvgIpc) is 2.04. The SMILES string of the molecule is FC(F)(F)COCc1ccccc1. The molecule has 0 unspecified atom stereocenters. The molecule has 0 spiro atoms. The lowest BCUT2D eigenvalue weighted by Gasteiger charge is -2.06. The Morgan fingerprint density at radius 3 is 2.23 bits per heavy atom. The van der Waals surface area contributed by atoms with Gasteiger partial charge in [0.1, 0.15) is 6.61 Å². The summed E-state index contributed by atoms with van der Waals surface area (Å²) in [5.41, 5.74) is 0.742. The highest BCUT2D eigenvalue weighted by Gasteiger charge is 2.27. The Balaban J connectivity index is 2.29. The molecule has 1 aromatic rings. The van der Waals surface area contributed by atoms with Crippen LogP contribution >= 0.6 is 0 Å². The molecule has 0 saturated heterocycles. The van der Waals surface area contributed by atoms with Crippen molar-refractivity contribution in [2.45, 2.75) is 12.8 Å². The number of hydrogen-bond donors (Lipinski definition) is 0. The number of hydrogen-bond acceptors (Lipinski definition) is 1. The van der Waals surface area contributed by atoms with Crippen LogP contribution in [0.4, 0.5) is 13.2 Å². The summed E-state index contributed by atoms with van der Waals surface area (Å²) in [4.78, 5) is 0. The van der Waals surface area contributed by atoms with E-state index in [-0.39, 0.29) is 6.61 Å². The Morgan fingerprint density at radius 2 is 1.69 bits per heavy atom. The minimum absolute atomic E-state index is 0.000347. The van der Waals surface area contributed by atoms with Gasteiger partial charge in [-0.05, 0) is 5.56 Å². The molecule has 0 aliphatic rings. The van der Waals surface area contributed by atoms with Crippen LogP contribution in [0.25, 0.3) is 0 Å². The van der Waals surface area contributed by atoms with Gasteiger partial charge in [-0.1, -0.05) is 30.3 Å². The van der Waals surface area contributed by atoms with Crippen LogP contribution in [0, 0.1) is 0 Å². The van der Waals surface area contributed by atoms with Crippen LogP contribution < -0.4 is 0 Å². The minimum atomic E-state index is -4.24. The summed E-state index contributed by atoms with van der Waals surface area (Å²) in [6.07, 6.45) is -4.24. The van der Waals surface area contributed by atoms with Crippen molar-refractivity contribution >= 4 is 0 Å². The lowest BCUT2D eigenvalue weighted by molar-refractivity contribution is -0.176. The lowest BCUT2D eigenvalue weighted by Crippen LogP contribution is -2.16. The molecule has 0 fully saturated rings. The third-order valence-electron chi connectivity index (χ3n) is 1.38. The van der Waals surface area contributed by atoms with Crippen LogP contribution in [0.2, 0.25) is 0 Å². The third kappa shape index (κ3) is 4.52. The highest BCUT2D eigenvalue weighted by molar-refractivity contribution is 5.13. The smallest absolute Gasteiger partial charge is 0.367 e. The van der Waals surface area contributed by atoms with Crippen molar-refractivity contribution < 1.29 is 17.9 Å². The zero-order chi connectivity index (χ0) is 9.73. The van der Waals surface area contributed by atoms with Crippen LogP contribution in [-0.4, -0.2) is 12.8 Å². The fourth-order valence-electron chi connectivity index (χ4n) is 0.859. The molecule has 0 bridgehead atoms. The Labute approximate surface area is 74.1 Å². The van der Waals surface area contributed by atoms with E-state index >= 15 is 0 Å². The summed E-state index contributed by atoms with van der Waals surface area (Å²) in [6.45, 7) is -1.19. The number of benzene rings is 1. The van der Waals surface area contributed by atoms with E-state index in [2.05, 4.69) is 4.74 Å². The molecular weight excluding hydrogens is 181 g/mol. The zero-order valence-corrected chi connectivity index (χ0v) is 6.84. The highest BCUT2D eigenvalue weighted by atomic mass is 19.4. The highest BCUT2D eigenvalue weighted by Crippen LogP contribution is 2.15. The van der Waals surface area contributed by atoms with Crippen LogP contribution in [0.15, 0.2) is 30.3 Å². The molecule has 0 saturated carbocycles. The summed E-state index contributed by atoms with van der Waals surface area (Å²) in [7, 11) is 0. The maximum atomic E-state index is 11.6. The van der Waals surface area contributed by atoms with Gasteiger partial charge in [-0.3, -0.25) is 0 Å². The van der Waals surface area contributed by atoms with Crippen molar-refractivity contribution in [1.29, 1.82) is 0 Å². The van der Waals surface area contributed by atoms with Crippen molar-refractivity contribution in [2.24, 2.45) is 0 Å². The summed E-state index contributed by atoms with van der Waals surface area (Å²) >= 11 is 0. The molecule has 1 rings (SSSR count). The zero-order valence-electron chi connectivity index (χ0n) is 6.84. The van der Waals surface area contributed by atoms with E-state index < -0.39 is 12.8 Å². The second-order valence-electron chi connectivity index (χ2n) is 2.59.